The monoisotopic (exact) mass is 269 g/mol. The lowest BCUT2D eigenvalue weighted by Crippen LogP contribution is -2.56. The van der Waals surface area contributed by atoms with Crippen LogP contribution < -0.4 is 5.32 Å². The van der Waals surface area contributed by atoms with E-state index in [-0.39, 0.29) is 22.7 Å². The number of carbonyl (C=O) groups is 1. The van der Waals surface area contributed by atoms with Crippen LogP contribution in [0, 0.1) is 0 Å². The Morgan fingerprint density at radius 2 is 2.17 bits per heavy atom. The summed E-state index contributed by atoms with van der Waals surface area (Å²) in [4.78, 5) is 19.1. The predicted octanol–water partition coefficient (Wildman–Crippen LogP) is 0.457. The zero-order valence-corrected chi connectivity index (χ0v) is 11.6. The molecule has 0 bridgehead atoms. The quantitative estimate of drug-likeness (QED) is 0.694. The van der Waals surface area contributed by atoms with Crippen LogP contribution in [-0.4, -0.2) is 59.1 Å². The summed E-state index contributed by atoms with van der Waals surface area (Å²) >= 11 is 1.62. The van der Waals surface area contributed by atoms with Gasteiger partial charge in [-0.1, -0.05) is 11.8 Å². The first-order valence-electron chi connectivity index (χ1n) is 6.44. The summed E-state index contributed by atoms with van der Waals surface area (Å²) in [7, 11) is 0. The van der Waals surface area contributed by atoms with Crippen LogP contribution in [0.4, 0.5) is 0 Å². The highest BCUT2D eigenvalue weighted by molar-refractivity contribution is 8.15. The minimum absolute atomic E-state index is 0.0316. The lowest BCUT2D eigenvalue weighted by molar-refractivity contribution is -0.124. The van der Waals surface area contributed by atoms with Crippen molar-refractivity contribution in [2.75, 3.05) is 26.3 Å². The molecule has 5 nitrogen and oxygen atoms in total. The Labute approximate surface area is 111 Å². The van der Waals surface area contributed by atoms with Gasteiger partial charge >= 0.3 is 0 Å². The highest BCUT2D eigenvalue weighted by Gasteiger charge is 2.45. The Hall–Kier alpha value is -0.750. The van der Waals surface area contributed by atoms with E-state index in [1.54, 1.807) is 11.8 Å². The summed E-state index contributed by atoms with van der Waals surface area (Å²) in [5.41, 5.74) is -0.136. The third kappa shape index (κ3) is 2.23. The van der Waals surface area contributed by atoms with Gasteiger partial charge in [0.05, 0.1) is 19.3 Å². The number of aliphatic imine (C=N–C) groups is 1. The smallest absolute Gasteiger partial charge is 0.236 e. The molecule has 3 aliphatic heterocycles. The fraction of sp³-hybridized carbons (Fsp3) is 0.833. The molecule has 6 heteroatoms. The second-order valence-corrected chi connectivity index (χ2v) is 6.80. The first-order valence-corrected chi connectivity index (χ1v) is 7.32. The standard InChI is InChI=1S/C12H19N3O2S/c1-12(2)7-8-9(10(16)14-12)18-11(13-8)15-3-5-17-6-4-15/h8-9H,3-7H2,1-2H3,(H,14,16). The van der Waals surface area contributed by atoms with Crippen LogP contribution in [0.25, 0.3) is 0 Å². The Kier molecular flexibility index (Phi) is 3.02. The molecule has 0 aromatic carbocycles. The summed E-state index contributed by atoms with van der Waals surface area (Å²) in [6, 6.07) is 0.136. The molecule has 0 aromatic heterocycles. The lowest BCUT2D eigenvalue weighted by Gasteiger charge is -2.36. The van der Waals surface area contributed by atoms with Crippen molar-refractivity contribution in [2.24, 2.45) is 4.99 Å². The summed E-state index contributed by atoms with van der Waals surface area (Å²) in [6.45, 7) is 7.41. The van der Waals surface area contributed by atoms with Gasteiger partial charge in [0.25, 0.3) is 0 Å². The van der Waals surface area contributed by atoms with Gasteiger partial charge in [-0.3, -0.25) is 9.79 Å². The van der Waals surface area contributed by atoms with Crippen molar-refractivity contribution in [2.45, 2.75) is 37.1 Å². The topological polar surface area (TPSA) is 53.9 Å². The van der Waals surface area contributed by atoms with E-state index >= 15 is 0 Å². The highest BCUT2D eigenvalue weighted by atomic mass is 32.2. The van der Waals surface area contributed by atoms with Crippen LogP contribution in [0.15, 0.2) is 4.99 Å². The molecule has 0 radical (unpaired) electrons. The van der Waals surface area contributed by atoms with Crippen LogP contribution in [-0.2, 0) is 9.53 Å². The number of fused-ring (bicyclic) bond motifs is 1. The predicted molar refractivity (Wildman–Crippen MR) is 71.8 cm³/mol. The molecule has 2 fully saturated rings. The molecule has 0 aromatic rings. The highest BCUT2D eigenvalue weighted by Crippen LogP contribution is 2.36. The van der Waals surface area contributed by atoms with Gasteiger partial charge in [0.15, 0.2) is 5.17 Å². The molecule has 3 rings (SSSR count). The molecular formula is C12H19N3O2S. The number of morpholine rings is 1. The Morgan fingerprint density at radius 3 is 2.89 bits per heavy atom. The number of piperidine rings is 1. The summed E-state index contributed by atoms with van der Waals surface area (Å²) in [5.74, 6) is 0.133. The average molecular weight is 269 g/mol. The van der Waals surface area contributed by atoms with Gasteiger partial charge < -0.3 is 15.0 Å². The minimum atomic E-state index is -0.136. The van der Waals surface area contributed by atoms with Crippen molar-refractivity contribution in [3.63, 3.8) is 0 Å². The number of carbonyl (C=O) groups excluding carboxylic acids is 1. The number of nitrogens with one attached hydrogen (secondary N) is 1. The lowest BCUT2D eigenvalue weighted by atomic mass is 9.89. The average Bonchev–Trinajstić information content (AvgIpc) is 2.72. The Morgan fingerprint density at radius 1 is 1.44 bits per heavy atom. The molecule has 100 valence electrons. The number of rotatable bonds is 0. The largest absolute Gasteiger partial charge is 0.378 e. The fourth-order valence-corrected chi connectivity index (χ4v) is 3.94. The molecule has 1 amide bonds. The van der Waals surface area contributed by atoms with Gasteiger partial charge in [-0.05, 0) is 20.3 Å². The molecular weight excluding hydrogens is 250 g/mol. The fourth-order valence-electron chi connectivity index (χ4n) is 2.70. The second kappa shape index (κ2) is 4.42. The summed E-state index contributed by atoms with van der Waals surface area (Å²) in [5, 5.41) is 4.07. The van der Waals surface area contributed by atoms with Gasteiger partial charge in [0.2, 0.25) is 5.91 Å². The molecule has 0 aliphatic carbocycles. The van der Waals surface area contributed by atoms with Crippen LogP contribution in [0.1, 0.15) is 20.3 Å². The van der Waals surface area contributed by atoms with Crippen molar-refractivity contribution in [1.82, 2.24) is 10.2 Å². The first-order chi connectivity index (χ1) is 8.55. The van der Waals surface area contributed by atoms with E-state index in [4.69, 9.17) is 9.73 Å². The normalized spacial score (nSPS) is 34.9. The SMILES string of the molecule is CC1(C)CC2N=C(N3CCOCC3)SC2C(=O)N1. The van der Waals surface area contributed by atoms with E-state index in [1.807, 2.05) is 0 Å². The van der Waals surface area contributed by atoms with Crippen LogP contribution in [0.2, 0.25) is 0 Å². The maximum Gasteiger partial charge on any atom is 0.236 e. The Balaban J connectivity index is 1.74. The summed E-state index contributed by atoms with van der Waals surface area (Å²) in [6.07, 6.45) is 0.921. The first kappa shape index (κ1) is 12.3. The van der Waals surface area contributed by atoms with Crippen molar-refractivity contribution >= 4 is 22.8 Å². The van der Waals surface area contributed by atoms with Gasteiger partial charge in [-0.15, -0.1) is 0 Å². The van der Waals surface area contributed by atoms with Crippen LogP contribution in [0.3, 0.4) is 0 Å². The maximum atomic E-state index is 12.1. The number of amidine groups is 1. The van der Waals surface area contributed by atoms with E-state index in [0.29, 0.717) is 0 Å². The third-order valence-electron chi connectivity index (χ3n) is 3.58. The van der Waals surface area contributed by atoms with Gasteiger partial charge in [-0.2, -0.15) is 0 Å². The number of ether oxygens (including phenoxy) is 1. The van der Waals surface area contributed by atoms with Crippen molar-refractivity contribution < 1.29 is 9.53 Å². The van der Waals surface area contributed by atoms with E-state index in [0.717, 1.165) is 37.9 Å². The molecule has 1 N–H and O–H groups in total. The number of nitrogens with zero attached hydrogens (tertiary/aromatic N) is 2. The van der Waals surface area contributed by atoms with E-state index in [9.17, 15) is 4.79 Å². The molecule has 2 saturated heterocycles. The van der Waals surface area contributed by atoms with Gasteiger partial charge in [0.1, 0.15) is 5.25 Å². The molecule has 3 aliphatic rings. The molecule has 18 heavy (non-hydrogen) atoms. The van der Waals surface area contributed by atoms with Crippen molar-refractivity contribution in [1.29, 1.82) is 0 Å². The zero-order valence-electron chi connectivity index (χ0n) is 10.8. The molecule has 3 heterocycles. The third-order valence-corrected chi connectivity index (χ3v) is 4.94. The molecule has 2 unspecified atom stereocenters. The van der Waals surface area contributed by atoms with E-state index < -0.39 is 0 Å². The molecule has 0 spiro atoms. The van der Waals surface area contributed by atoms with Gasteiger partial charge in [0, 0.05) is 18.6 Å². The van der Waals surface area contributed by atoms with Crippen molar-refractivity contribution in [3.8, 4) is 0 Å². The maximum absolute atomic E-state index is 12.1. The molecule has 2 atom stereocenters. The number of amides is 1. The Bertz CT molecular complexity index is 391. The number of hydrogen-bond acceptors (Lipinski definition) is 5. The minimum Gasteiger partial charge on any atom is -0.378 e. The zero-order chi connectivity index (χ0) is 12.8. The number of hydrogen-bond donors (Lipinski definition) is 1. The number of thioether (sulfide) groups is 1. The summed E-state index contributed by atoms with van der Waals surface area (Å²) < 4.78 is 5.35. The molecule has 0 saturated carbocycles. The van der Waals surface area contributed by atoms with Crippen molar-refractivity contribution in [3.05, 3.63) is 0 Å². The van der Waals surface area contributed by atoms with E-state index in [2.05, 4.69) is 24.1 Å². The van der Waals surface area contributed by atoms with Gasteiger partial charge in [-0.25, -0.2) is 0 Å². The van der Waals surface area contributed by atoms with Crippen LogP contribution in [0.5, 0.6) is 0 Å². The van der Waals surface area contributed by atoms with E-state index in [1.165, 1.54) is 0 Å². The van der Waals surface area contributed by atoms with Crippen LogP contribution >= 0.6 is 11.8 Å². The second-order valence-electron chi connectivity index (χ2n) is 5.69.